The summed E-state index contributed by atoms with van der Waals surface area (Å²) in [6.07, 6.45) is 1.97. The lowest BCUT2D eigenvalue weighted by Crippen LogP contribution is -2.23. The fraction of sp³-hybridized carbons (Fsp3) is 0.185. The number of hydrogen-bond acceptors (Lipinski definition) is 18. The molecule has 432 valence electrons. The number of aromatic nitrogens is 14. The number of alkyl halides is 4. The second-order valence-corrected chi connectivity index (χ2v) is 19.8. The molecule has 4 N–H and O–H groups in total. The first-order valence-corrected chi connectivity index (χ1v) is 25.7. The van der Waals surface area contributed by atoms with Gasteiger partial charge in [0.05, 0.1) is 67.5 Å². The van der Waals surface area contributed by atoms with E-state index in [-0.39, 0.29) is 93.1 Å². The van der Waals surface area contributed by atoms with Crippen molar-refractivity contribution in [1.29, 1.82) is 0 Å². The van der Waals surface area contributed by atoms with Crippen molar-refractivity contribution in [2.45, 2.75) is 53.6 Å². The molecule has 2 aromatic carbocycles. The second kappa shape index (κ2) is 23.9. The van der Waals surface area contributed by atoms with Crippen LogP contribution in [-0.2, 0) is 0 Å². The normalized spacial score (nSPS) is 12.1. The standard InChI is InChI=1S/2C26H18F4N8O2S.2CH4/c2*1-12(21-19(13-3-2-4-14(27)7-13)25(39)37-9-15(28)5-6-18(37)35-21)38-24-20(23(31)33-11-34-24)22(36-38)16-8-32-26(41-16)40-10-17(29)30;;/h2*2-9,11-12,17H,10H2,1H3,(H2,31,33,34);2*1H4/t2*12-;;/m10../s1. The molecule has 30 heteroatoms. The Morgan fingerprint density at radius 2 is 0.952 bits per heavy atom. The minimum Gasteiger partial charge on any atom is -0.464 e. The molecular formula is C54H44F8N16O4S2. The highest BCUT2D eigenvalue weighted by Crippen LogP contribution is 2.40. The quantitative estimate of drug-likeness (QED) is 0.0960. The lowest BCUT2D eigenvalue weighted by molar-refractivity contribution is 0.0815. The van der Waals surface area contributed by atoms with Crippen molar-refractivity contribution >= 4 is 67.7 Å². The number of benzene rings is 2. The van der Waals surface area contributed by atoms with E-state index in [1.54, 1.807) is 26.0 Å². The molecule has 0 unspecified atom stereocenters. The van der Waals surface area contributed by atoms with Crippen LogP contribution < -0.4 is 32.1 Å². The molecule has 0 aliphatic heterocycles. The Labute approximate surface area is 476 Å². The number of halogens is 8. The average Bonchev–Trinajstić information content (AvgIpc) is 1.56. The van der Waals surface area contributed by atoms with Crippen molar-refractivity contribution in [1.82, 2.24) is 68.2 Å². The van der Waals surface area contributed by atoms with Gasteiger partial charge in [-0.05, 0) is 73.5 Å². The highest BCUT2D eigenvalue weighted by Gasteiger charge is 2.30. The molecule has 0 aliphatic carbocycles. The maximum atomic E-state index is 14.3. The van der Waals surface area contributed by atoms with Gasteiger partial charge >= 0.3 is 0 Å². The van der Waals surface area contributed by atoms with Crippen LogP contribution in [0.25, 0.3) is 76.8 Å². The summed E-state index contributed by atoms with van der Waals surface area (Å²) in [5.41, 5.74) is 13.7. The molecule has 0 spiro atoms. The molecule has 0 bridgehead atoms. The minimum absolute atomic E-state index is 0. The summed E-state index contributed by atoms with van der Waals surface area (Å²) in [6, 6.07) is 14.3. The highest BCUT2D eigenvalue weighted by atomic mass is 32.1. The van der Waals surface area contributed by atoms with Gasteiger partial charge in [0.15, 0.2) is 24.5 Å². The minimum atomic E-state index is -2.67. The summed E-state index contributed by atoms with van der Waals surface area (Å²) in [5.74, 6) is -2.26. The Bertz CT molecular complexity index is 4270. The number of hydrogen-bond donors (Lipinski definition) is 2. The number of anilines is 2. The molecule has 0 radical (unpaired) electrons. The number of nitrogens with zero attached hydrogens (tertiary/aromatic N) is 14. The molecule has 10 heterocycles. The molecule has 0 fully saturated rings. The predicted octanol–water partition coefficient (Wildman–Crippen LogP) is 10.7. The van der Waals surface area contributed by atoms with E-state index in [1.807, 2.05) is 0 Å². The predicted molar refractivity (Wildman–Crippen MR) is 299 cm³/mol. The van der Waals surface area contributed by atoms with Gasteiger partial charge in [-0.1, -0.05) is 61.8 Å². The van der Waals surface area contributed by atoms with Crippen LogP contribution in [0.5, 0.6) is 10.4 Å². The first-order chi connectivity index (χ1) is 39.4. The Morgan fingerprint density at radius 1 is 0.548 bits per heavy atom. The van der Waals surface area contributed by atoms with Crippen LogP contribution >= 0.6 is 22.7 Å². The van der Waals surface area contributed by atoms with Crippen LogP contribution in [-0.4, -0.2) is 94.3 Å². The van der Waals surface area contributed by atoms with E-state index in [1.165, 1.54) is 95.1 Å². The van der Waals surface area contributed by atoms with Crippen LogP contribution in [0.4, 0.5) is 46.8 Å². The van der Waals surface area contributed by atoms with Gasteiger partial charge in [-0.2, -0.15) is 10.2 Å². The Kier molecular flexibility index (Phi) is 16.8. The molecule has 0 aliphatic rings. The third-order valence-electron chi connectivity index (χ3n) is 12.5. The Hall–Kier alpha value is -9.84. The zero-order chi connectivity index (χ0) is 57.7. The van der Waals surface area contributed by atoms with Crippen molar-refractivity contribution < 1.29 is 44.6 Å². The lowest BCUT2D eigenvalue weighted by atomic mass is 10.0. The maximum Gasteiger partial charge on any atom is 0.273 e. The molecule has 0 saturated carbocycles. The fourth-order valence-corrected chi connectivity index (χ4v) is 10.5. The van der Waals surface area contributed by atoms with Crippen molar-refractivity contribution in [2.24, 2.45) is 0 Å². The summed E-state index contributed by atoms with van der Waals surface area (Å²) in [4.78, 5) is 62.5. The van der Waals surface area contributed by atoms with Crippen molar-refractivity contribution in [3.63, 3.8) is 0 Å². The summed E-state index contributed by atoms with van der Waals surface area (Å²) in [7, 11) is 0. The van der Waals surface area contributed by atoms with E-state index in [2.05, 4.69) is 39.9 Å². The van der Waals surface area contributed by atoms with Crippen LogP contribution in [0.15, 0.2) is 120 Å². The van der Waals surface area contributed by atoms with Gasteiger partial charge in [-0.3, -0.25) is 18.4 Å². The number of nitrogen functional groups attached to an aromatic ring is 2. The van der Waals surface area contributed by atoms with E-state index in [9.17, 15) is 44.7 Å². The molecule has 12 aromatic rings. The van der Waals surface area contributed by atoms with E-state index >= 15 is 0 Å². The average molecular weight is 1200 g/mol. The van der Waals surface area contributed by atoms with Crippen LogP contribution in [0, 0.1) is 23.3 Å². The summed E-state index contributed by atoms with van der Waals surface area (Å²) in [6.45, 7) is 1.78. The molecule has 84 heavy (non-hydrogen) atoms. The summed E-state index contributed by atoms with van der Waals surface area (Å²) >= 11 is 1.96. The summed E-state index contributed by atoms with van der Waals surface area (Å²) in [5, 5.41) is 10.1. The zero-order valence-corrected chi connectivity index (χ0v) is 43.6. The van der Waals surface area contributed by atoms with Crippen molar-refractivity contribution in [2.75, 3.05) is 24.7 Å². The van der Waals surface area contributed by atoms with E-state index in [0.29, 0.717) is 31.9 Å². The topological polar surface area (TPSA) is 252 Å². The number of pyridine rings is 2. The Morgan fingerprint density at radius 3 is 1.33 bits per heavy atom. The first-order valence-electron chi connectivity index (χ1n) is 24.1. The first kappa shape index (κ1) is 58.8. The highest BCUT2D eigenvalue weighted by molar-refractivity contribution is 7.17. The van der Waals surface area contributed by atoms with Gasteiger partial charge in [0.1, 0.15) is 70.2 Å². The zero-order valence-electron chi connectivity index (χ0n) is 42.0. The third-order valence-corrected chi connectivity index (χ3v) is 14.4. The second-order valence-electron chi connectivity index (χ2n) is 17.8. The fourth-order valence-electron chi connectivity index (χ4n) is 8.94. The summed E-state index contributed by atoms with van der Waals surface area (Å²) < 4.78 is 122. The van der Waals surface area contributed by atoms with Crippen molar-refractivity contribution in [3.05, 3.63) is 166 Å². The van der Waals surface area contributed by atoms with Gasteiger partial charge in [-0.25, -0.2) is 84.4 Å². The SMILES string of the molecule is C.C.C[C@@H](c1nc2ccc(F)cn2c(=O)c1-c1cccc(F)c1)n1nc(-c2cnc(OCC(F)F)s2)c2c(N)ncnc21.C[C@H](c1nc2ccc(F)cn2c(=O)c1-c1cccc(F)c1)n1nc(-c2cnc(OCC(F)F)s2)c2c(N)ncnc21. The lowest BCUT2D eigenvalue weighted by Gasteiger charge is -2.18. The van der Waals surface area contributed by atoms with E-state index in [4.69, 9.17) is 31.1 Å². The van der Waals surface area contributed by atoms with Crippen LogP contribution in [0.3, 0.4) is 0 Å². The largest absolute Gasteiger partial charge is 0.464 e. The number of rotatable bonds is 14. The maximum absolute atomic E-state index is 14.3. The van der Waals surface area contributed by atoms with Crippen molar-refractivity contribution in [3.8, 4) is 53.8 Å². The molecule has 20 nitrogen and oxygen atoms in total. The van der Waals surface area contributed by atoms with E-state index in [0.717, 1.165) is 43.9 Å². The molecule has 2 atom stereocenters. The van der Waals surface area contributed by atoms with Gasteiger partial charge in [0.25, 0.3) is 34.4 Å². The third kappa shape index (κ3) is 11.3. The molecular weight excluding hydrogens is 1150 g/mol. The van der Waals surface area contributed by atoms with Gasteiger partial charge < -0.3 is 20.9 Å². The molecule has 0 amide bonds. The monoisotopic (exact) mass is 1200 g/mol. The Balaban J connectivity index is 0.000000197. The number of fused-ring (bicyclic) bond motifs is 4. The van der Waals surface area contributed by atoms with E-state index < -0.39 is 72.5 Å². The smallest absolute Gasteiger partial charge is 0.273 e. The van der Waals surface area contributed by atoms with Gasteiger partial charge in [0, 0.05) is 12.4 Å². The van der Waals surface area contributed by atoms with Crippen LogP contribution in [0.1, 0.15) is 52.2 Å². The van der Waals surface area contributed by atoms with Gasteiger partial charge in [-0.15, -0.1) is 0 Å². The number of thiazole rings is 2. The number of nitrogens with two attached hydrogens (primary N) is 2. The molecule has 12 rings (SSSR count). The molecule has 0 saturated heterocycles. The van der Waals surface area contributed by atoms with Gasteiger partial charge in [0.2, 0.25) is 0 Å². The number of ether oxygens (including phenoxy) is 2. The molecule has 10 aromatic heterocycles. The van der Waals surface area contributed by atoms with Crippen LogP contribution in [0.2, 0.25) is 0 Å².